The standard InChI is InChI=1S/C25H25ClN4OS/c1-17-21(19-8-10-20(31-2)11-9-19)22-23(27-25(26)28-24(22)32-17)30-14-12-29(13-15-30)16-18-6-4-3-5-7-18/h3-11H,12-16H2,1-2H3. The van der Waals surface area contributed by atoms with E-state index in [0.29, 0.717) is 5.28 Å². The molecule has 0 radical (unpaired) electrons. The lowest BCUT2D eigenvalue weighted by Crippen LogP contribution is -2.46. The largest absolute Gasteiger partial charge is 0.497 e. The van der Waals surface area contributed by atoms with E-state index in [1.54, 1.807) is 18.4 Å². The second-order valence-electron chi connectivity index (χ2n) is 8.01. The second kappa shape index (κ2) is 9.06. The lowest BCUT2D eigenvalue weighted by Gasteiger charge is -2.35. The van der Waals surface area contributed by atoms with Crippen molar-refractivity contribution in [2.75, 3.05) is 38.2 Å². The second-order valence-corrected chi connectivity index (χ2v) is 9.55. The van der Waals surface area contributed by atoms with Gasteiger partial charge < -0.3 is 9.64 Å². The highest BCUT2D eigenvalue weighted by Crippen LogP contribution is 2.42. The molecule has 0 atom stereocenters. The Hall–Kier alpha value is -2.67. The van der Waals surface area contributed by atoms with Gasteiger partial charge in [0.2, 0.25) is 5.28 Å². The van der Waals surface area contributed by atoms with Crippen LogP contribution in [0.25, 0.3) is 21.3 Å². The van der Waals surface area contributed by atoms with Crippen molar-refractivity contribution >= 4 is 39.0 Å². The van der Waals surface area contributed by atoms with E-state index in [9.17, 15) is 0 Å². The van der Waals surface area contributed by atoms with Gasteiger partial charge in [-0.2, -0.15) is 4.98 Å². The van der Waals surface area contributed by atoms with Crippen molar-refractivity contribution in [3.05, 3.63) is 70.3 Å². The number of ether oxygens (including phenoxy) is 1. The molecule has 0 amide bonds. The van der Waals surface area contributed by atoms with Gasteiger partial charge in [0.15, 0.2) is 0 Å². The normalized spacial score (nSPS) is 14.8. The molecule has 3 heterocycles. The molecular formula is C25H25ClN4OS. The smallest absolute Gasteiger partial charge is 0.225 e. The number of aromatic nitrogens is 2. The van der Waals surface area contributed by atoms with Crippen LogP contribution < -0.4 is 9.64 Å². The number of piperazine rings is 1. The van der Waals surface area contributed by atoms with Crippen LogP contribution in [0, 0.1) is 6.92 Å². The number of fused-ring (bicyclic) bond motifs is 1. The summed E-state index contributed by atoms with van der Waals surface area (Å²) in [6.07, 6.45) is 0. The summed E-state index contributed by atoms with van der Waals surface area (Å²) >= 11 is 8.03. The summed E-state index contributed by atoms with van der Waals surface area (Å²) in [6, 6.07) is 18.8. The lowest BCUT2D eigenvalue weighted by molar-refractivity contribution is 0.249. The van der Waals surface area contributed by atoms with Gasteiger partial charge in [-0.25, -0.2) is 4.98 Å². The van der Waals surface area contributed by atoms with Crippen LogP contribution in [-0.2, 0) is 6.54 Å². The number of halogens is 1. The summed E-state index contributed by atoms with van der Waals surface area (Å²) in [5, 5.41) is 1.40. The van der Waals surface area contributed by atoms with E-state index < -0.39 is 0 Å². The molecule has 5 nitrogen and oxygen atoms in total. The maximum absolute atomic E-state index is 6.36. The monoisotopic (exact) mass is 464 g/mol. The summed E-state index contributed by atoms with van der Waals surface area (Å²) in [4.78, 5) is 16.3. The molecule has 0 aliphatic carbocycles. The predicted molar refractivity (Wildman–Crippen MR) is 133 cm³/mol. The van der Waals surface area contributed by atoms with Crippen LogP contribution in [-0.4, -0.2) is 48.2 Å². The molecule has 1 aliphatic heterocycles. The van der Waals surface area contributed by atoms with Gasteiger partial charge in [-0.1, -0.05) is 42.5 Å². The van der Waals surface area contributed by atoms with Crippen LogP contribution in [0.5, 0.6) is 5.75 Å². The Bertz CT molecular complexity index is 1220. The highest BCUT2D eigenvalue weighted by Gasteiger charge is 2.25. The minimum absolute atomic E-state index is 0.307. The highest BCUT2D eigenvalue weighted by molar-refractivity contribution is 7.19. The topological polar surface area (TPSA) is 41.5 Å². The number of aryl methyl sites for hydroxylation is 1. The molecule has 0 spiro atoms. The molecule has 164 valence electrons. The molecule has 2 aromatic carbocycles. The van der Waals surface area contributed by atoms with Crippen molar-refractivity contribution in [1.29, 1.82) is 0 Å². The minimum Gasteiger partial charge on any atom is -0.497 e. The van der Waals surface area contributed by atoms with E-state index in [-0.39, 0.29) is 0 Å². The van der Waals surface area contributed by atoms with Crippen molar-refractivity contribution in [2.45, 2.75) is 13.5 Å². The molecule has 1 fully saturated rings. The van der Waals surface area contributed by atoms with E-state index in [4.69, 9.17) is 21.3 Å². The third kappa shape index (κ3) is 4.18. The third-order valence-corrected chi connectivity index (χ3v) is 7.15. The Kier molecular flexibility index (Phi) is 6.00. The Morgan fingerprint density at radius 2 is 1.69 bits per heavy atom. The fourth-order valence-electron chi connectivity index (χ4n) is 4.36. The van der Waals surface area contributed by atoms with E-state index in [0.717, 1.165) is 60.1 Å². The first-order chi connectivity index (χ1) is 15.6. The van der Waals surface area contributed by atoms with Gasteiger partial charge in [-0.3, -0.25) is 4.90 Å². The van der Waals surface area contributed by atoms with Gasteiger partial charge in [-0.05, 0) is 41.8 Å². The molecule has 0 saturated carbocycles. The summed E-state index contributed by atoms with van der Waals surface area (Å²) < 4.78 is 5.34. The summed E-state index contributed by atoms with van der Waals surface area (Å²) in [7, 11) is 1.69. The number of benzene rings is 2. The maximum atomic E-state index is 6.36. The summed E-state index contributed by atoms with van der Waals surface area (Å²) in [6.45, 7) is 6.90. The van der Waals surface area contributed by atoms with Crippen LogP contribution in [0.4, 0.5) is 5.82 Å². The number of thiophene rings is 1. The number of rotatable bonds is 5. The predicted octanol–water partition coefficient (Wildman–Crippen LogP) is 5.65. The maximum Gasteiger partial charge on any atom is 0.225 e. The van der Waals surface area contributed by atoms with Gasteiger partial charge in [0.25, 0.3) is 0 Å². The van der Waals surface area contributed by atoms with Crippen molar-refractivity contribution in [1.82, 2.24) is 14.9 Å². The zero-order valence-electron chi connectivity index (χ0n) is 18.2. The quantitative estimate of drug-likeness (QED) is 0.357. The van der Waals surface area contributed by atoms with Crippen LogP contribution in [0.2, 0.25) is 5.28 Å². The number of hydrogen-bond acceptors (Lipinski definition) is 6. The average molecular weight is 465 g/mol. The highest BCUT2D eigenvalue weighted by atomic mass is 35.5. The zero-order chi connectivity index (χ0) is 22.1. The zero-order valence-corrected chi connectivity index (χ0v) is 19.8. The molecule has 1 saturated heterocycles. The average Bonchev–Trinajstić information content (AvgIpc) is 3.15. The van der Waals surface area contributed by atoms with Crippen LogP contribution in [0.1, 0.15) is 10.4 Å². The Balaban J connectivity index is 1.46. The first kappa shape index (κ1) is 21.2. The molecule has 32 heavy (non-hydrogen) atoms. The fourth-order valence-corrected chi connectivity index (χ4v) is 5.62. The molecule has 7 heteroatoms. The molecular weight excluding hydrogens is 440 g/mol. The molecule has 2 aromatic heterocycles. The van der Waals surface area contributed by atoms with Gasteiger partial charge in [0, 0.05) is 43.2 Å². The van der Waals surface area contributed by atoms with Crippen molar-refractivity contribution < 1.29 is 4.74 Å². The van der Waals surface area contributed by atoms with Crippen molar-refractivity contribution in [3.8, 4) is 16.9 Å². The molecule has 0 N–H and O–H groups in total. The molecule has 0 unspecified atom stereocenters. The number of nitrogens with zero attached hydrogens (tertiary/aromatic N) is 4. The summed E-state index contributed by atoms with van der Waals surface area (Å²) in [5.74, 6) is 1.79. The number of anilines is 1. The Labute approximate surface area is 197 Å². The van der Waals surface area contributed by atoms with Crippen LogP contribution in [0.3, 0.4) is 0 Å². The van der Waals surface area contributed by atoms with Crippen molar-refractivity contribution in [3.63, 3.8) is 0 Å². The Morgan fingerprint density at radius 1 is 0.969 bits per heavy atom. The van der Waals surface area contributed by atoms with E-state index in [1.165, 1.54) is 16.0 Å². The van der Waals surface area contributed by atoms with Gasteiger partial charge >= 0.3 is 0 Å². The number of methoxy groups -OCH3 is 1. The lowest BCUT2D eigenvalue weighted by atomic mass is 10.0. The molecule has 0 bridgehead atoms. The van der Waals surface area contributed by atoms with E-state index in [2.05, 4.69) is 64.2 Å². The third-order valence-electron chi connectivity index (χ3n) is 5.98. The first-order valence-corrected chi connectivity index (χ1v) is 11.9. The molecule has 4 aromatic rings. The fraction of sp³-hybridized carbons (Fsp3) is 0.280. The van der Waals surface area contributed by atoms with Gasteiger partial charge in [0.1, 0.15) is 16.4 Å². The summed E-state index contributed by atoms with van der Waals surface area (Å²) in [5.41, 5.74) is 3.68. The molecule has 1 aliphatic rings. The van der Waals surface area contributed by atoms with Gasteiger partial charge in [0.05, 0.1) is 12.5 Å². The van der Waals surface area contributed by atoms with Gasteiger partial charge in [-0.15, -0.1) is 11.3 Å². The van der Waals surface area contributed by atoms with Crippen LogP contribution >= 0.6 is 22.9 Å². The van der Waals surface area contributed by atoms with E-state index in [1.807, 2.05) is 12.1 Å². The van der Waals surface area contributed by atoms with Crippen molar-refractivity contribution in [2.24, 2.45) is 0 Å². The van der Waals surface area contributed by atoms with E-state index >= 15 is 0 Å². The first-order valence-electron chi connectivity index (χ1n) is 10.7. The Morgan fingerprint density at radius 3 is 2.38 bits per heavy atom. The minimum atomic E-state index is 0.307. The van der Waals surface area contributed by atoms with Crippen LogP contribution in [0.15, 0.2) is 54.6 Å². The number of hydrogen-bond donors (Lipinski definition) is 0. The SMILES string of the molecule is COc1ccc(-c2c(C)sc3nc(Cl)nc(N4CCN(Cc5ccccc5)CC4)c23)cc1. The molecule has 5 rings (SSSR count).